The highest BCUT2D eigenvalue weighted by molar-refractivity contribution is 5.98. The average molecular weight is 330 g/mol. The number of ether oxygens (including phenoxy) is 1. The van der Waals surface area contributed by atoms with Crippen LogP contribution >= 0.6 is 12.4 Å². The summed E-state index contributed by atoms with van der Waals surface area (Å²) in [5, 5.41) is 11.1. The fourth-order valence-electron chi connectivity index (χ4n) is 2.90. The van der Waals surface area contributed by atoms with Gasteiger partial charge in [-0.25, -0.2) is 0 Å². The lowest BCUT2D eigenvalue weighted by Gasteiger charge is -2.28. The number of rotatable bonds is 3. The SMILES string of the molecule is Cl.Cn1ncc(NC2CCNCC2)c1C(=O)N1CCOCC1. The number of hydrogen-bond donors (Lipinski definition) is 2. The molecule has 3 heterocycles. The first-order valence-corrected chi connectivity index (χ1v) is 7.62. The maximum Gasteiger partial charge on any atom is 0.274 e. The van der Waals surface area contributed by atoms with Gasteiger partial charge in [0.2, 0.25) is 0 Å². The molecule has 0 aromatic carbocycles. The molecule has 1 amide bonds. The molecular formula is C14H24ClN5O2. The molecule has 2 aliphatic rings. The van der Waals surface area contributed by atoms with E-state index >= 15 is 0 Å². The van der Waals surface area contributed by atoms with Crippen molar-refractivity contribution in [2.24, 2.45) is 7.05 Å². The predicted molar refractivity (Wildman–Crippen MR) is 86.7 cm³/mol. The summed E-state index contributed by atoms with van der Waals surface area (Å²) in [6, 6.07) is 0.409. The number of anilines is 1. The molecule has 0 atom stereocenters. The Kier molecular flexibility index (Phi) is 6.05. The number of carbonyl (C=O) groups excluding carboxylic acids is 1. The van der Waals surface area contributed by atoms with Gasteiger partial charge in [-0.15, -0.1) is 12.4 Å². The van der Waals surface area contributed by atoms with Gasteiger partial charge in [0.25, 0.3) is 5.91 Å². The second-order valence-electron chi connectivity index (χ2n) is 5.60. The van der Waals surface area contributed by atoms with Gasteiger partial charge in [-0.1, -0.05) is 0 Å². The molecule has 0 radical (unpaired) electrons. The van der Waals surface area contributed by atoms with Crippen LogP contribution in [0, 0.1) is 0 Å². The van der Waals surface area contributed by atoms with E-state index in [4.69, 9.17) is 4.74 Å². The summed E-state index contributed by atoms with van der Waals surface area (Å²) in [6.45, 7) is 4.56. The summed E-state index contributed by atoms with van der Waals surface area (Å²) in [5.41, 5.74) is 1.50. The zero-order chi connectivity index (χ0) is 14.7. The zero-order valence-corrected chi connectivity index (χ0v) is 13.7. The van der Waals surface area contributed by atoms with Crippen LogP contribution in [0.15, 0.2) is 6.20 Å². The van der Waals surface area contributed by atoms with Crippen LogP contribution in [0.5, 0.6) is 0 Å². The number of morpholine rings is 1. The van der Waals surface area contributed by atoms with Crippen LogP contribution in [0.1, 0.15) is 23.3 Å². The maximum absolute atomic E-state index is 12.7. The molecular weight excluding hydrogens is 306 g/mol. The van der Waals surface area contributed by atoms with E-state index in [0.29, 0.717) is 38.0 Å². The molecule has 1 aromatic heterocycles. The molecule has 2 fully saturated rings. The predicted octanol–water partition coefficient (Wildman–Crippen LogP) is 0.478. The van der Waals surface area contributed by atoms with Crippen molar-refractivity contribution in [3.05, 3.63) is 11.9 Å². The lowest BCUT2D eigenvalue weighted by Crippen LogP contribution is -2.42. The minimum atomic E-state index is 0. The first-order chi connectivity index (χ1) is 10.3. The molecule has 3 rings (SSSR count). The van der Waals surface area contributed by atoms with Crippen LogP contribution in [0.4, 0.5) is 5.69 Å². The van der Waals surface area contributed by atoms with Gasteiger partial charge in [-0.05, 0) is 25.9 Å². The third-order valence-electron chi connectivity index (χ3n) is 4.14. The van der Waals surface area contributed by atoms with E-state index in [0.717, 1.165) is 31.6 Å². The van der Waals surface area contributed by atoms with E-state index in [2.05, 4.69) is 15.7 Å². The minimum Gasteiger partial charge on any atom is -0.379 e. The van der Waals surface area contributed by atoms with E-state index in [-0.39, 0.29) is 18.3 Å². The van der Waals surface area contributed by atoms with E-state index in [1.807, 2.05) is 11.9 Å². The minimum absolute atomic E-state index is 0. The summed E-state index contributed by atoms with van der Waals surface area (Å²) in [7, 11) is 1.82. The molecule has 8 heteroatoms. The third-order valence-corrected chi connectivity index (χ3v) is 4.14. The number of aryl methyl sites for hydroxylation is 1. The van der Waals surface area contributed by atoms with Crippen LogP contribution in [0.3, 0.4) is 0 Å². The molecule has 2 N–H and O–H groups in total. The second-order valence-corrected chi connectivity index (χ2v) is 5.60. The molecule has 0 spiro atoms. The third kappa shape index (κ3) is 3.71. The number of piperidine rings is 1. The maximum atomic E-state index is 12.7. The molecule has 0 saturated carbocycles. The molecule has 0 aliphatic carbocycles. The van der Waals surface area contributed by atoms with Crippen LogP contribution in [0.2, 0.25) is 0 Å². The quantitative estimate of drug-likeness (QED) is 0.844. The van der Waals surface area contributed by atoms with E-state index < -0.39 is 0 Å². The first-order valence-electron chi connectivity index (χ1n) is 7.62. The molecule has 124 valence electrons. The smallest absolute Gasteiger partial charge is 0.274 e. The van der Waals surface area contributed by atoms with Gasteiger partial charge in [0, 0.05) is 26.2 Å². The topological polar surface area (TPSA) is 71.4 Å². The summed E-state index contributed by atoms with van der Waals surface area (Å²) in [6.07, 6.45) is 3.90. The molecule has 7 nitrogen and oxygen atoms in total. The van der Waals surface area contributed by atoms with Gasteiger partial charge in [0.05, 0.1) is 25.1 Å². The second kappa shape index (κ2) is 7.80. The van der Waals surface area contributed by atoms with Gasteiger partial charge in [0.15, 0.2) is 0 Å². The Morgan fingerprint density at radius 2 is 2.05 bits per heavy atom. The standard InChI is InChI=1S/C14H23N5O2.ClH/c1-18-13(14(20)19-6-8-21-9-7-19)12(10-16-18)17-11-2-4-15-5-3-11;/h10-11,15,17H,2-9H2,1H3;1H. The van der Waals surface area contributed by atoms with Gasteiger partial charge < -0.3 is 20.3 Å². The van der Waals surface area contributed by atoms with Gasteiger partial charge >= 0.3 is 0 Å². The van der Waals surface area contributed by atoms with E-state index in [1.165, 1.54) is 0 Å². The summed E-state index contributed by atoms with van der Waals surface area (Å²) < 4.78 is 6.98. The highest BCUT2D eigenvalue weighted by atomic mass is 35.5. The van der Waals surface area contributed by atoms with Gasteiger partial charge in [0.1, 0.15) is 5.69 Å². The Hall–Kier alpha value is -1.31. The van der Waals surface area contributed by atoms with Crippen molar-refractivity contribution in [1.82, 2.24) is 20.0 Å². The van der Waals surface area contributed by atoms with Crippen LogP contribution in [-0.2, 0) is 11.8 Å². The Labute approximate surface area is 136 Å². The lowest BCUT2D eigenvalue weighted by molar-refractivity contribution is 0.0296. The van der Waals surface area contributed by atoms with Crippen LogP contribution in [0.25, 0.3) is 0 Å². The highest BCUT2D eigenvalue weighted by Crippen LogP contribution is 2.20. The number of nitrogens with zero attached hydrogens (tertiary/aromatic N) is 3. The van der Waals surface area contributed by atoms with Crippen LogP contribution in [-0.4, -0.2) is 66.0 Å². The number of halogens is 1. The van der Waals surface area contributed by atoms with Crippen molar-refractivity contribution in [2.75, 3.05) is 44.7 Å². The fourth-order valence-corrected chi connectivity index (χ4v) is 2.90. The van der Waals surface area contributed by atoms with E-state index in [1.54, 1.807) is 10.9 Å². The number of carbonyl (C=O) groups is 1. The molecule has 0 bridgehead atoms. The Balaban J connectivity index is 0.00000176. The first kappa shape index (κ1) is 17.1. The van der Waals surface area contributed by atoms with Crippen molar-refractivity contribution in [3.63, 3.8) is 0 Å². The normalized spacial score (nSPS) is 19.6. The number of aromatic nitrogens is 2. The summed E-state index contributed by atoms with van der Waals surface area (Å²) in [4.78, 5) is 14.5. The fraction of sp³-hybridized carbons (Fsp3) is 0.714. The zero-order valence-electron chi connectivity index (χ0n) is 12.9. The monoisotopic (exact) mass is 329 g/mol. The number of amides is 1. The van der Waals surface area contributed by atoms with Crippen molar-refractivity contribution < 1.29 is 9.53 Å². The number of nitrogens with one attached hydrogen (secondary N) is 2. The molecule has 2 aliphatic heterocycles. The van der Waals surface area contributed by atoms with E-state index in [9.17, 15) is 4.79 Å². The Morgan fingerprint density at radius 1 is 1.36 bits per heavy atom. The van der Waals surface area contributed by atoms with Crippen molar-refractivity contribution in [1.29, 1.82) is 0 Å². The molecule has 0 unspecified atom stereocenters. The van der Waals surface area contributed by atoms with Crippen molar-refractivity contribution in [3.8, 4) is 0 Å². The Morgan fingerprint density at radius 3 is 2.73 bits per heavy atom. The molecule has 22 heavy (non-hydrogen) atoms. The highest BCUT2D eigenvalue weighted by Gasteiger charge is 2.25. The van der Waals surface area contributed by atoms with Gasteiger partial charge in [-0.3, -0.25) is 9.48 Å². The largest absolute Gasteiger partial charge is 0.379 e. The Bertz CT molecular complexity index is 495. The molecule has 2 saturated heterocycles. The lowest BCUT2D eigenvalue weighted by atomic mass is 10.1. The van der Waals surface area contributed by atoms with Crippen LogP contribution < -0.4 is 10.6 Å². The summed E-state index contributed by atoms with van der Waals surface area (Å²) >= 11 is 0. The average Bonchev–Trinajstić information content (AvgIpc) is 2.89. The van der Waals surface area contributed by atoms with Gasteiger partial charge in [-0.2, -0.15) is 5.10 Å². The van der Waals surface area contributed by atoms with Crippen molar-refractivity contribution >= 4 is 24.0 Å². The molecule has 1 aromatic rings. The number of hydrogen-bond acceptors (Lipinski definition) is 5. The van der Waals surface area contributed by atoms with Crippen molar-refractivity contribution in [2.45, 2.75) is 18.9 Å². The summed E-state index contributed by atoms with van der Waals surface area (Å²) in [5.74, 6) is 0.0368.